The van der Waals surface area contributed by atoms with Crippen LogP contribution < -0.4 is 0 Å². The van der Waals surface area contributed by atoms with E-state index in [-0.39, 0.29) is 6.61 Å². The molecule has 0 saturated heterocycles. The third-order valence-electron chi connectivity index (χ3n) is 6.13. The van der Waals surface area contributed by atoms with E-state index in [2.05, 4.69) is 32.0 Å². The van der Waals surface area contributed by atoms with Crippen LogP contribution in [0.2, 0.25) is 0 Å². The lowest BCUT2D eigenvalue weighted by atomic mass is 10.1. The Morgan fingerprint density at radius 3 is 1.16 bits per heavy atom. The molecule has 0 aromatic heterocycles. The van der Waals surface area contributed by atoms with Crippen LogP contribution in [0.1, 0.15) is 130 Å². The molecule has 0 atom stereocenters. The molecule has 0 aromatic carbocycles. The van der Waals surface area contributed by atoms with Gasteiger partial charge in [0.25, 0.3) is 0 Å². The van der Waals surface area contributed by atoms with Gasteiger partial charge in [0.05, 0.1) is 33.3 Å². The van der Waals surface area contributed by atoms with Crippen molar-refractivity contribution in [3.8, 4) is 0 Å². The standard InChI is InChI=1S/C23H50N.C2H6O4S/c1-5-8-10-12-14-16-18-20-22-24(4,7-3)23-21-19-17-15-13-11-9-6-2;1-2-6-7(3,4)5/h5-23H2,1-4H3;2H2,1H3,(H,3,4,5)/q+1;/p-1. The summed E-state index contributed by atoms with van der Waals surface area (Å²) in [6.45, 7) is 12.4. The van der Waals surface area contributed by atoms with E-state index in [1.165, 1.54) is 134 Å². The number of unbranched alkanes of at least 4 members (excludes halogenated alkanes) is 14. The zero-order valence-corrected chi connectivity index (χ0v) is 22.4. The number of quaternary nitrogens is 1. The molecule has 0 N–H and O–H groups in total. The van der Waals surface area contributed by atoms with E-state index in [0.29, 0.717) is 0 Å². The predicted octanol–water partition coefficient (Wildman–Crippen LogP) is 7.22. The van der Waals surface area contributed by atoms with E-state index in [1.54, 1.807) is 0 Å². The van der Waals surface area contributed by atoms with Crippen molar-refractivity contribution >= 4 is 10.4 Å². The van der Waals surface area contributed by atoms with Crippen molar-refractivity contribution in [3.05, 3.63) is 0 Å². The summed E-state index contributed by atoms with van der Waals surface area (Å²) in [6.07, 6.45) is 23.1. The number of hydrogen-bond acceptors (Lipinski definition) is 4. The maximum Gasteiger partial charge on any atom is 0.217 e. The van der Waals surface area contributed by atoms with Crippen molar-refractivity contribution in [2.24, 2.45) is 0 Å². The van der Waals surface area contributed by atoms with Gasteiger partial charge in [0, 0.05) is 0 Å². The zero-order chi connectivity index (χ0) is 23.8. The molecule has 0 rings (SSSR count). The Morgan fingerprint density at radius 2 is 0.935 bits per heavy atom. The minimum atomic E-state index is -4.42. The van der Waals surface area contributed by atoms with Crippen molar-refractivity contribution in [3.63, 3.8) is 0 Å². The second-order valence-corrected chi connectivity index (χ2v) is 10.2. The van der Waals surface area contributed by atoms with Crippen LogP contribution in [0, 0.1) is 0 Å². The zero-order valence-electron chi connectivity index (χ0n) is 21.6. The summed E-state index contributed by atoms with van der Waals surface area (Å²) in [5.41, 5.74) is 0. The lowest BCUT2D eigenvalue weighted by Gasteiger charge is -2.33. The summed E-state index contributed by atoms with van der Waals surface area (Å²) in [6, 6.07) is 0. The van der Waals surface area contributed by atoms with Gasteiger partial charge < -0.3 is 9.04 Å². The first kappa shape index (κ1) is 33.0. The second kappa shape index (κ2) is 23.0. The summed E-state index contributed by atoms with van der Waals surface area (Å²) >= 11 is 0. The van der Waals surface area contributed by atoms with Crippen LogP contribution in [0.25, 0.3) is 0 Å². The first-order valence-electron chi connectivity index (χ1n) is 13.2. The number of nitrogens with zero attached hydrogens (tertiary/aromatic N) is 1. The molecule has 0 aliphatic heterocycles. The highest BCUT2D eigenvalue weighted by molar-refractivity contribution is 7.80. The summed E-state index contributed by atoms with van der Waals surface area (Å²) in [5, 5.41) is 0. The quantitative estimate of drug-likeness (QED) is 0.0776. The van der Waals surface area contributed by atoms with Gasteiger partial charge >= 0.3 is 0 Å². The van der Waals surface area contributed by atoms with Crippen molar-refractivity contribution in [1.82, 2.24) is 0 Å². The van der Waals surface area contributed by atoms with Crippen LogP contribution in [0.4, 0.5) is 0 Å². The van der Waals surface area contributed by atoms with E-state index >= 15 is 0 Å². The Hall–Kier alpha value is -0.170. The van der Waals surface area contributed by atoms with E-state index in [4.69, 9.17) is 0 Å². The molecular weight excluding hydrogens is 410 g/mol. The first-order chi connectivity index (χ1) is 14.7. The lowest BCUT2D eigenvalue weighted by Crippen LogP contribution is -2.45. The van der Waals surface area contributed by atoms with Crippen molar-refractivity contribution in [2.45, 2.75) is 130 Å². The highest BCUT2D eigenvalue weighted by atomic mass is 32.3. The minimum Gasteiger partial charge on any atom is -0.726 e. The Labute approximate surface area is 195 Å². The molecule has 0 spiro atoms. The Balaban J connectivity index is 0. The Bertz CT molecular complexity index is 434. The smallest absolute Gasteiger partial charge is 0.217 e. The Morgan fingerprint density at radius 1 is 0.613 bits per heavy atom. The van der Waals surface area contributed by atoms with Gasteiger partial charge in [-0.3, -0.25) is 4.18 Å². The van der Waals surface area contributed by atoms with Crippen molar-refractivity contribution < 1.29 is 21.6 Å². The van der Waals surface area contributed by atoms with Crippen LogP contribution in [0.5, 0.6) is 0 Å². The van der Waals surface area contributed by atoms with E-state index in [1.807, 2.05) is 0 Å². The maximum absolute atomic E-state index is 9.45. The van der Waals surface area contributed by atoms with Crippen LogP contribution >= 0.6 is 0 Å². The fraction of sp³-hybridized carbons (Fsp3) is 1.00. The topological polar surface area (TPSA) is 66.4 Å². The minimum absolute atomic E-state index is 0.0914. The molecule has 0 aromatic rings. The summed E-state index contributed by atoms with van der Waals surface area (Å²) < 4.78 is 33.3. The number of hydrogen-bond donors (Lipinski definition) is 0. The van der Waals surface area contributed by atoms with Gasteiger partial charge in [0.15, 0.2) is 0 Å². The summed E-state index contributed by atoms with van der Waals surface area (Å²) in [4.78, 5) is 0. The second-order valence-electron chi connectivity index (χ2n) is 9.15. The molecule has 0 fully saturated rings. The lowest BCUT2D eigenvalue weighted by molar-refractivity contribution is -0.908. The summed E-state index contributed by atoms with van der Waals surface area (Å²) in [5.74, 6) is 0. The molecule has 190 valence electrons. The average molecular weight is 466 g/mol. The summed E-state index contributed by atoms with van der Waals surface area (Å²) in [7, 11) is -1.94. The highest BCUT2D eigenvalue weighted by Gasteiger charge is 2.17. The van der Waals surface area contributed by atoms with Crippen LogP contribution in [-0.2, 0) is 14.6 Å². The monoisotopic (exact) mass is 465 g/mol. The average Bonchev–Trinajstić information content (AvgIpc) is 2.71. The molecule has 0 unspecified atom stereocenters. The maximum atomic E-state index is 9.45. The molecular formula is C25H55NO4S. The van der Waals surface area contributed by atoms with Crippen molar-refractivity contribution in [1.29, 1.82) is 0 Å². The predicted molar refractivity (Wildman–Crippen MR) is 133 cm³/mol. The molecule has 0 bridgehead atoms. The van der Waals surface area contributed by atoms with E-state index < -0.39 is 10.4 Å². The molecule has 0 aliphatic carbocycles. The highest BCUT2D eigenvalue weighted by Crippen LogP contribution is 2.14. The molecule has 0 radical (unpaired) electrons. The normalized spacial score (nSPS) is 11.9. The molecule has 6 heteroatoms. The van der Waals surface area contributed by atoms with Crippen LogP contribution in [0.3, 0.4) is 0 Å². The fourth-order valence-electron chi connectivity index (χ4n) is 3.83. The van der Waals surface area contributed by atoms with Gasteiger partial charge in [-0.1, -0.05) is 90.9 Å². The van der Waals surface area contributed by atoms with E-state index in [0.717, 1.165) is 0 Å². The molecule has 0 amide bonds. The van der Waals surface area contributed by atoms with Gasteiger partial charge in [-0.05, 0) is 39.5 Å². The van der Waals surface area contributed by atoms with E-state index in [9.17, 15) is 13.0 Å². The van der Waals surface area contributed by atoms with Gasteiger partial charge in [0.1, 0.15) is 0 Å². The van der Waals surface area contributed by atoms with Crippen LogP contribution in [-0.4, -0.2) is 50.7 Å². The SMILES string of the molecule is CCCCCCCCCC[N+](C)(CC)CCCCCCCCCC.CCOS(=O)(=O)[O-]. The van der Waals surface area contributed by atoms with Gasteiger partial charge in [-0.2, -0.15) is 0 Å². The third-order valence-corrected chi connectivity index (χ3v) is 6.65. The van der Waals surface area contributed by atoms with Gasteiger partial charge in [-0.25, -0.2) is 8.42 Å². The first-order valence-corrected chi connectivity index (χ1v) is 14.5. The van der Waals surface area contributed by atoms with Gasteiger partial charge in [0.2, 0.25) is 10.4 Å². The third kappa shape index (κ3) is 27.8. The van der Waals surface area contributed by atoms with Crippen molar-refractivity contribution in [2.75, 3.05) is 33.3 Å². The molecule has 31 heavy (non-hydrogen) atoms. The number of rotatable bonds is 21. The molecule has 5 nitrogen and oxygen atoms in total. The van der Waals surface area contributed by atoms with Crippen LogP contribution in [0.15, 0.2) is 0 Å². The molecule has 0 saturated carbocycles. The Kier molecular flexibility index (Phi) is 24.5. The molecule has 0 aliphatic rings. The fourth-order valence-corrected chi connectivity index (χ4v) is 4.12. The largest absolute Gasteiger partial charge is 0.726 e. The molecule has 0 heterocycles. The van der Waals surface area contributed by atoms with Gasteiger partial charge in [-0.15, -0.1) is 0 Å².